The lowest BCUT2D eigenvalue weighted by atomic mass is 9.89. The Balaban J connectivity index is 1.62. The molecular formula is C21H25BrN4O2. The van der Waals surface area contributed by atoms with Crippen molar-refractivity contribution in [2.24, 2.45) is 11.8 Å². The van der Waals surface area contributed by atoms with Crippen molar-refractivity contribution in [3.63, 3.8) is 0 Å². The summed E-state index contributed by atoms with van der Waals surface area (Å²) in [6, 6.07) is 3.98. The molecule has 4 rings (SSSR count). The molecule has 0 saturated heterocycles. The molecule has 6 nitrogen and oxygen atoms in total. The fourth-order valence-electron chi connectivity index (χ4n) is 3.78. The van der Waals surface area contributed by atoms with Crippen molar-refractivity contribution < 1.29 is 9.59 Å². The maximum absolute atomic E-state index is 12.4. The summed E-state index contributed by atoms with van der Waals surface area (Å²) >= 11 is 3.46. The summed E-state index contributed by atoms with van der Waals surface area (Å²) in [6.07, 6.45) is 6.43. The number of anilines is 1. The molecule has 2 N–H and O–H groups in total. The largest absolute Gasteiger partial charge is 0.346 e. The van der Waals surface area contributed by atoms with E-state index in [0.29, 0.717) is 25.3 Å². The molecule has 148 valence electrons. The first-order chi connectivity index (χ1) is 13.4. The number of H-pyrrole nitrogens is 1. The normalized spacial score (nSPS) is 20.8. The highest BCUT2D eigenvalue weighted by atomic mass is 79.9. The van der Waals surface area contributed by atoms with Crippen LogP contribution in [-0.4, -0.2) is 44.6 Å². The van der Waals surface area contributed by atoms with Crippen LogP contribution in [0.15, 0.2) is 24.4 Å². The average Bonchev–Trinajstić information content (AvgIpc) is 3.39. The molecule has 28 heavy (non-hydrogen) atoms. The number of alkyl halides is 1. The number of hydrogen-bond donors (Lipinski definition) is 2. The maximum Gasteiger partial charge on any atom is 0.228 e. The van der Waals surface area contributed by atoms with Gasteiger partial charge in [-0.2, -0.15) is 0 Å². The zero-order chi connectivity index (χ0) is 19.8. The Bertz CT molecular complexity index is 945. The Morgan fingerprint density at radius 2 is 2.21 bits per heavy atom. The quantitative estimate of drug-likeness (QED) is 0.685. The summed E-state index contributed by atoms with van der Waals surface area (Å²) in [5.41, 5.74) is 3.04. The van der Waals surface area contributed by atoms with E-state index in [-0.39, 0.29) is 28.5 Å². The standard InChI is InChI=1S/C21H25BrN4O2/c1-12-11-26(19(27)9-13(2)22)8-6-15(12)17-10-18(25-21(28)14-3-4-14)24-20-16(17)5-7-23-20/h5-7,10,12-14H,3-4,8-9,11H2,1-2H3,(H2,23,24,25,28). The molecular weight excluding hydrogens is 420 g/mol. The molecule has 1 saturated carbocycles. The molecule has 0 spiro atoms. The topological polar surface area (TPSA) is 78.1 Å². The minimum absolute atomic E-state index is 0.0516. The molecule has 2 aliphatic rings. The van der Waals surface area contributed by atoms with Crippen molar-refractivity contribution in [1.29, 1.82) is 0 Å². The van der Waals surface area contributed by atoms with Gasteiger partial charge in [0.25, 0.3) is 0 Å². The number of aromatic amines is 1. The first-order valence-electron chi connectivity index (χ1n) is 9.83. The Kier molecular flexibility index (Phi) is 5.27. The van der Waals surface area contributed by atoms with Gasteiger partial charge in [-0.25, -0.2) is 4.98 Å². The average molecular weight is 445 g/mol. The number of fused-ring (bicyclic) bond motifs is 1. The van der Waals surface area contributed by atoms with Gasteiger partial charge >= 0.3 is 0 Å². The minimum atomic E-state index is 0.0516. The molecule has 7 heteroatoms. The molecule has 3 heterocycles. The van der Waals surface area contributed by atoms with Crippen LogP contribution in [0.4, 0.5) is 5.82 Å². The van der Waals surface area contributed by atoms with Gasteiger partial charge < -0.3 is 15.2 Å². The number of nitrogens with one attached hydrogen (secondary N) is 2. The lowest BCUT2D eigenvalue weighted by Gasteiger charge is -2.32. The van der Waals surface area contributed by atoms with Crippen molar-refractivity contribution in [3.05, 3.63) is 30.0 Å². The van der Waals surface area contributed by atoms with Crippen LogP contribution in [-0.2, 0) is 9.59 Å². The summed E-state index contributed by atoms with van der Waals surface area (Å²) in [7, 11) is 0. The van der Waals surface area contributed by atoms with E-state index < -0.39 is 0 Å². The van der Waals surface area contributed by atoms with E-state index in [4.69, 9.17) is 0 Å². The summed E-state index contributed by atoms with van der Waals surface area (Å²) in [6.45, 7) is 5.44. The van der Waals surface area contributed by atoms with Crippen LogP contribution >= 0.6 is 15.9 Å². The SMILES string of the molecule is CC(Br)CC(=O)N1CC=C(c2cc(NC(=O)C3CC3)nc3[nH]ccc23)C(C)C1. The van der Waals surface area contributed by atoms with Crippen molar-refractivity contribution in [2.75, 3.05) is 18.4 Å². The zero-order valence-electron chi connectivity index (χ0n) is 16.2. The fraction of sp³-hybridized carbons (Fsp3) is 0.476. The minimum Gasteiger partial charge on any atom is -0.346 e. The molecule has 1 aliphatic heterocycles. The number of nitrogens with zero attached hydrogens (tertiary/aromatic N) is 2. The smallest absolute Gasteiger partial charge is 0.228 e. The second-order valence-corrected chi connectivity index (χ2v) is 9.47. The number of rotatable bonds is 5. The predicted molar refractivity (Wildman–Crippen MR) is 114 cm³/mol. The second kappa shape index (κ2) is 7.70. The molecule has 0 bridgehead atoms. The summed E-state index contributed by atoms with van der Waals surface area (Å²) in [4.78, 5) is 34.4. The highest BCUT2D eigenvalue weighted by Gasteiger charge is 2.30. The van der Waals surface area contributed by atoms with Crippen molar-refractivity contribution >= 4 is 50.2 Å². The van der Waals surface area contributed by atoms with E-state index >= 15 is 0 Å². The molecule has 0 radical (unpaired) electrons. The van der Waals surface area contributed by atoms with Crippen LogP contribution in [0.25, 0.3) is 16.6 Å². The van der Waals surface area contributed by atoms with Crippen LogP contribution in [0.3, 0.4) is 0 Å². The molecule has 0 aromatic carbocycles. The van der Waals surface area contributed by atoms with E-state index in [1.807, 2.05) is 30.2 Å². The van der Waals surface area contributed by atoms with Crippen molar-refractivity contribution in [1.82, 2.24) is 14.9 Å². The van der Waals surface area contributed by atoms with E-state index in [2.05, 4.69) is 44.2 Å². The molecule has 2 atom stereocenters. The van der Waals surface area contributed by atoms with Gasteiger partial charge in [-0.15, -0.1) is 0 Å². The number of pyridine rings is 1. The van der Waals surface area contributed by atoms with Crippen LogP contribution in [0, 0.1) is 11.8 Å². The molecule has 2 aromatic rings. The number of hydrogen-bond acceptors (Lipinski definition) is 3. The Hall–Kier alpha value is -2.15. The van der Waals surface area contributed by atoms with E-state index in [1.165, 1.54) is 5.57 Å². The van der Waals surface area contributed by atoms with Gasteiger partial charge in [-0.05, 0) is 42.0 Å². The van der Waals surface area contributed by atoms with Crippen LogP contribution in [0.5, 0.6) is 0 Å². The number of amides is 2. The van der Waals surface area contributed by atoms with Gasteiger partial charge in [0.15, 0.2) is 0 Å². The summed E-state index contributed by atoms with van der Waals surface area (Å²) < 4.78 is 0. The highest BCUT2D eigenvalue weighted by Crippen LogP contribution is 2.35. The van der Waals surface area contributed by atoms with E-state index in [0.717, 1.165) is 29.4 Å². The lowest BCUT2D eigenvalue weighted by Crippen LogP contribution is -2.38. The first-order valence-corrected chi connectivity index (χ1v) is 10.7. The van der Waals surface area contributed by atoms with Gasteiger partial charge in [0.2, 0.25) is 11.8 Å². The Morgan fingerprint density at radius 1 is 1.43 bits per heavy atom. The first kappa shape index (κ1) is 19.2. The molecule has 1 aliphatic carbocycles. The third kappa shape index (κ3) is 3.99. The molecule has 2 aromatic heterocycles. The molecule has 2 unspecified atom stereocenters. The van der Waals surface area contributed by atoms with Gasteiger partial charge in [0.05, 0.1) is 0 Å². The molecule has 1 fully saturated rings. The van der Waals surface area contributed by atoms with E-state index in [1.54, 1.807) is 0 Å². The van der Waals surface area contributed by atoms with Gasteiger partial charge in [0.1, 0.15) is 11.5 Å². The fourth-order valence-corrected chi connectivity index (χ4v) is 4.05. The Morgan fingerprint density at radius 3 is 2.89 bits per heavy atom. The lowest BCUT2D eigenvalue weighted by molar-refractivity contribution is -0.131. The number of halogens is 1. The van der Waals surface area contributed by atoms with E-state index in [9.17, 15) is 9.59 Å². The van der Waals surface area contributed by atoms with Crippen molar-refractivity contribution in [3.8, 4) is 0 Å². The highest BCUT2D eigenvalue weighted by molar-refractivity contribution is 9.09. The monoisotopic (exact) mass is 444 g/mol. The third-order valence-corrected chi connectivity index (χ3v) is 5.73. The van der Waals surface area contributed by atoms with Crippen LogP contribution < -0.4 is 5.32 Å². The predicted octanol–water partition coefficient (Wildman–Crippen LogP) is 3.95. The number of carbonyl (C=O) groups excluding carboxylic acids is 2. The zero-order valence-corrected chi connectivity index (χ0v) is 17.8. The van der Waals surface area contributed by atoms with Crippen LogP contribution in [0.1, 0.15) is 38.7 Å². The van der Waals surface area contributed by atoms with Crippen molar-refractivity contribution in [2.45, 2.75) is 37.9 Å². The maximum atomic E-state index is 12.4. The third-order valence-electron chi connectivity index (χ3n) is 5.40. The van der Waals surface area contributed by atoms with Crippen LogP contribution in [0.2, 0.25) is 0 Å². The molecule has 2 amide bonds. The Labute approximate surface area is 172 Å². The number of aromatic nitrogens is 2. The summed E-state index contributed by atoms with van der Waals surface area (Å²) in [5.74, 6) is 1.15. The second-order valence-electron chi connectivity index (χ2n) is 7.90. The number of carbonyl (C=O) groups is 2. The summed E-state index contributed by atoms with van der Waals surface area (Å²) in [5, 5.41) is 4.00. The van der Waals surface area contributed by atoms with Gasteiger partial charge in [-0.1, -0.05) is 35.9 Å². The van der Waals surface area contributed by atoms with Gasteiger partial charge in [-0.3, -0.25) is 9.59 Å². The van der Waals surface area contributed by atoms with Gasteiger partial charge in [0, 0.05) is 41.8 Å².